The van der Waals surface area contributed by atoms with Gasteiger partial charge in [0.15, 0.2) is 5.76 Å². The van der Waals surface area contributed by atoms with Crippen LogP contribution >= 0.6 is 0 Å². The van der Waals surface area contributed by atoms with Gasteiger partial charge in [0.05, 0.1) is 24.8 Å². The average molecular weight is 377 g/mol. The molecule has 0 unspecified atom stereocenters. The second-order valence-electron chi connectivity index (χ2n) is 5.82. The van der Waals surface area contributed by atoms with E-state index in [0.29, 0.717) is 4.90 Å². The van der Waals surface area contributed by atoms with Gasteiger partial charge in [0.2, 0.25) is 0 Å². The van der Waals surface area contributed by atoms with Crippen LogP contribution in [0.5, 0.6) is 5.75 Å². The number of halogens is 3. The molecular formula is C19H14F3NO4. The molecule has 2 aromatic rings. The molecule has 27 heavy (non-hydrogen) atoms. The summed E-state index contributed by atoms with van der Waals surface area (Å²) in [6.07, 6.45) is -4.54. The van der Waals surface area contributed by atoms with Gasteiger partial charge in [-0.25, -0.2) is 0 Å². The van der Waals surface area contributed by atoms with Crippen LogP contribution in [-0.4, -0.2) is 28.9 Å². The van der Waals surface area contributed by atoms with Gasteiger partial charge in [0.1, 0.15) is 5.75 Å². The predicted octanol–water partition coefficient (Wildman–Crippen LogP) is 3.55. The molecule has 0 fully saturated rings. The smallest absolute Gasteiger partial charge is 0.416 e. The number of rotatable bonds is 4. The first-order valence-corrected chi connectivity index (χ1v) is 7.83. The van der Waals surface area contributed by atoms with Crippen LogP contribution in [0, 0.1) is 0 Å². The number of carbonyl (C=O) groups is 2. The van der Waals surface area contributed by atoms with Crippen LogP contribution in [0.1, 0.15) is 16.7 Å². The summed E-state index contributed by atoms with van der Waals surface area (Å²) in [7, 11) is 1.37. The second kappa shape index (κ2) is 6.79. The van der Waals surface area contributed by atoms with Crippen LogP contribution in [0.2, 0.25) is 0 Å². The summed E-state index contributed by atoms with van der Waals surface area (Å²) >= 11 is 0. The van der Waals surface area contributed by atoms with E-state index in [-0.39, 0.29) is 22.4 Å². The first-order valence-electron chi connectivity index (χ1n) is 7.83. The quantitative estimate of drug-likeness (QED) is 0.828. The topological polar surface area (TPSA) is 66.8 Å². The lowest BCUT2D eigenvalue weighted by Gasteiger charge is -2.16. The Bertz CT molecular complexity index is 950. The van der Waals surface area contributed by atoms with Crippen molar-refractivity contribution in [3.63, 3.8) is 0 Å². The number of methoxy groups -OCH3 is 1. The molecule has 1 N–H and O–H groups in total. The van der Waals surface area contributed by atoms with Gasteiger partial charge in [0.25, 0.3) is 11.8 Å². The number of benzene rings is 2. The maximum absolute atomic E-state index is 12.9. The molecule has 0 aromatic heterocycles. The normalized spacial score (nSPS) is 14.9. The van der Waals surface area contributed by atoms with Gasteiger partial charge in [-0.3, -0.25) is 14.5 Å². The number of aliphatic hydroxyl groups excluding tert-OH is 1. The molecule has 2 aromatic carbocycles. The van der Waals surface area contributed by atoms with Crippen molar-refractivity contribution in [1.29, 1.82) is 0 Å². The van der Waals surface area contributed by atoms with E-state index >= 15 is 0 Å². The Kier molecular flexibility index (Phi) is 4.65. The zero-order valence-electron chi connectivity index (χ0n) is 14.1. The van der Waals surface area contributed by atoms with Crippen molar-refractivity contribution in [3.05, 3.63) is 71.0 Å². The van der Waals surface area contributed by atoms with Crippen LogP contribution in [0.4, 0.5) is 13.2 Å². The number of imide groups is 1. The minimum Gasteiger partial charge on any atom is -0.502 e. The third-order valence-corrected chi connectivity index (χ3v) is 4.11. The predicted molar refractivity (Wildman–Crippen MR) is 89.5 cm³/mol. The summed E-state index contributed by atoms with van der Waals surface area (Å²) in [5.41, 5.74) is -0.798. The fourth-order valence-electron chi connectivity index (χ4n) is 2.83. The number of hydrogen-bond donors (Lipinski definition) is 1. The molecule has 0 spiro atoms. The fourth-order valence-corrected chi connectivity index (χ4v) is 2.83. The maximum Gasteiger partial charge on any atom is 0.416 e. The number of amides is 2. The van der Waals surface area contributed by atoms with Gasteiger partial charge in [-0.05, 0) is 23.8 Å². The van der Waals surface area contributed by atoms with Crippen molar-refractivity contribution in [1.82, 2.24) is 4.90 Å². The molecule has 0 saturated heterocycles. The average Bonchev–Trinajstić information content (AvgIpc) is 2.85. The van der Waals surface area contributed by atoms with E-state index in [1.54, 1.807) is 18.2 Å². The molecule has 0 radical (unpaired) electrons. The Morgan fingerprint density at radius 1 is 1.04 bits per heavy atom. The monoisotopic (exact) mass is 377 g/mol. The van der Waals surface area contributed by atoms with E-state index in [0.717, 1.165) is 12.1 Å². The van der Waals surface area contributed by atoms with E-state index in [1.807, 2.05) is 0 Å². The minimum absolute atomic E-state index is 0.112. The molecule has 8 heteroatoms. The first-order chi connectivity index (χ1) is 12.7. The Labute approximate surface area is 152 Å². The highest BCUT2D eigenvalue weighted by Crippen LogP contribution is 2.35. The van der Waals surface area contributed by atoms with Crippen molar-refractivity contribution in [3.8, 4) is 5.75 Å². The molecule has 0 aliphatic carbocycles. The molecule has 1 heterocycles. The van der Waals surface area contributed by atoms with Crippen LogP contribution in [0.15, 0.2) is 54.3 Å². The number of alkyl halides is 3. The molecule has 5 nitrogen and oxygen atoms in total. The maximum atomic E-state index is 12.9. The zero-order chi connectivity index (χ0) is 19.8. The molecule has 0 saturated carbocycles. The molecule has 3 rings (SSSR count). The fraction of sp³-hybridized carbons (Fsp3) is 0.158. The SMILES string of the molecule is COc1ccccc1C1=C(O)C(=O)N(Cc2cccc(C(F)(F)F)c2)C1=O. The Morgan fingerprint density at radius 2 is 1.74 bits per heavy atom. The largest absolute Gasteiger partial charge is 0.502 e. The number of hydrogen-bond acceptors (Lipinski definition) is 4. The van der Waals surface area contributed by atoms with Gasteiger partial charge in [-0.1, -0.05) is 30.3 Å². The van der Waals surface area contributed by atoms with Gasteiger partial charge in [-0.2, -0.15) is 13.2 Å². The van der Waals surface area contributed by atoms with Crippen LogP contribution < -0.4 is 4.74 Å². The van der Waals surface area contributed by atoms with E-state index < -0.39 is 35.9 Å². The van der Waals surface area contributed by atoms with Crippen LogP contribution in [-0.2, 0) is 22.3 Å². The molecule has 140 valence electrons. The third-order valence-electron chi connectivity index (χ3n) is 4.11. The molecule has 0 atom stereocenters. The Balaban J connectivity index is 1.93. The molecule has 1 aliphatic rings. The number of carbonyl (C=O) groups excluding carboxylic acids is 2. The molecule has 0 bridgehead atoms. The lowest BCUT2D eigenvalue weighted by atomic mass is 10.0. The van der Waals surface area contributed by atoms with Gasteiger partial charge in [-0.15, -0.1) is 0 Å². The highest BCUT2D eigenvalue weighted by atomic mass is 19.4. The van der Waals surface area contributed by atoms with Gasteiger partial charge in [0, 0.05) is 5.56 Å². The molecular weight excluding hydrogens is 363 g/mol. The van der Waals surface area contributed by atoms with Crippen LogP contribution in [0.3, 0.4) is 0 Å². The molecule has 2 amide bonds. The molecule has 1 aliphatic heterocycles. The third kappa shape index (κ3) is 3.38. The van der Waals surface area contributed by atoms with Gasteiger partial charge >= 0.3 is 6.18 Å². The van der Waals surface area contributed by atoms with Crippen molar-refractivity contribution >= 4 is 17.4 Å². The first kappa shape index (κ1) is 18.5. The van der Waals surface area contributed by atoms with Gasteiger partial charge < -0.3 is 9.84 Å². The number of para-hydroxylation sites is 1. The number of ether oxygens (including phenoxy) is 1. The van der Waals surface area contributed by atoms with E-state index in [1.165, 1.54) is 25.3 Å². The van der Waals surface area contributed by atoms with Crippen molar-refractivity contribution < 1.29 is 32.6 Å². The highest BCUT2D eigenvalue weighted by Gasteiger charge is 2.40. The zero-order valence-corrected chi connectivity index (χ0v) is 14.1. The van der Waals surface area contributed by atoms with Crippen LogP contribution in [0.25, 0.3) is 5.57 Å². The lowest BCUT2D eigenvalue weighted by Crippen LogP contribution is -2.31. The summed E-state index contributed by atoms with van der Waals surface area (Å²) in [4.78, 5) is 25.7. The van der Waals surface area contributed by atoms with Crippen molar-refractivity contribution in [2.24, 2.45) is 0 Å². The summed E-state index contributed by atoms with van der Waals surface area (Å²) in [6.45, 7) is -0.399. The summed E-state index contributed by atoms with van der Waals surface area (Å²) < 4.78 is 43.7. The summed E-state index contributed by atoms with van der Waals surface area (Å²) in [5, 5.41) is 10.2. The van der Waals surface area contributed by atoms with E-state index in [9.17, 15) is 27.9 Å². The lowest BCUT2D eigenvalue weighted by molar-refractivity contribution is -0.138. The number of nitrogens with zero attached hydrogens (tertiary/aromatic N) is 1. The Morgan fingerprint density at radius 3 is 2.41 bits per heavy atom. The number of aliphatic hydroxyl groups is 1. The standard InChI is InChI=1S/C19H14F3NO4/c1-27-14-8-3-2-7-13(14)15-16(24)18(26)23(17(15)25)10-11-5-4-6-12(9-11)19(20,21)22/h2-9,24H,10H2,1H3. The highest BCUT2D eigenvalue weighted by molar-refractivity contribution is 6.35. The van der Waals surface area contributed by atoms with Crippen molar-refractivity contribution in [2.75, 3.05) is 7.11 Å². The summed E-state index contributed by atoms with van der Waals surface area (Å²) in [5.74, 6) is -2.27. The van der Waals surface area contributed by atoms with E-state index in [2.05, 4.69) is 0 Å². The second-order valence-corrected chi connectivity index (χ2v) is 5.82. The van der Waals surface area contributed by atoms with Crippen molar-refractivity contribution in [2.45, 2.75) is 12.7 Å². The summed E-state index contributed by atoms with van der Waals surface area (Å²) in [6, 6.07) is 10.6. The Hall–Kier alpha value is -3.29. The van der Waals surface area contributed by atoms with E-state index in [4.69, 9.17) is 4.74 Å². The minimum atomic E-state index is -4.54.